The van der Waals surface area contributed by atoms with E-state index in [1.807, 2.05) is 29.1 Å². The summed E-state index contributed by atoms with van der Waals surface area (Å²) in [5.74, 6) is 0. The zero-order valence-electron chi connectivity index (χ0n) is 6.20. The minimum Gasteiger partial charge on any atom is -0.373 e. The van der Waals surface area contributed by atoms with Crippen LogP contribution < -0.4 is 0 Å². The first-order chi connectivity index (χ1) is 4.84. The highest BCUT2D eigenvalue weighted by Gasteiger charge is 2.00. The van der Waals surface area contributed by atoms with Gasteiger partial charge in [-0.15, -0.1) is 0 Å². The maximum absolute atomic E-state index is 9.37. The molecule has 56 valence electrons. The Hall–Kier alpha value is -0.760. The first-order valence-corrected chi connectivity index (χ1v) is 3.65. The van der Waals surface area contributed by atoms with Crippen molar-refractivity contribution in [1.29, 1.82) is 0 Å². The van der Waals surface area contributed by atoms with E-state index in [-0.39, 0.29) is 6.23 Å². The predicted octanol–water partition coefficient (Wildman–Crippen LogP) is 1.78. The highest BCUT2D eigenvalue weighted by atomic mass is 16.3. The number of rotatable bonds is 3. The monoisotopic (exact) mass is 139 g/mol. The van der Waals surface area contributed by atoms with Crippen LogP contribution in [0.4, 0.5) is 0 Å². The SMILES string of the molecule is CCCC(O)n1cccc1. The standard InChI is InChI=1S/C8H13NO/c1-2-5-8(10)9-6-3-4-7-9/h3-4,6-8,10H,2,5H2,1H3. The van der Waals surface area contributed by atoms with Crippen molar-refractivity contribution in [3.63, 3.8) is 0 Å². The van der Waals surface area contributed by atoms with Crippen LogP contribution in [0.5, 0.6) is 0 Å². The summed E-state index contributed by atoms with van der Waals surface area (Å²) in [6.07, 6.45) is 5.26. The van der Waals surface area contributed by atoms with Gasteiger partial charge in [0.15, 0.2) is 0 Å². The topological polar surface area (TPSA) is 25.2 Å². The number of hydrogen-bond donors (Lipinski definition) is 1. The number of aliphatic hydroxyl groups is 1. The second kappa shape index (κ2) is 3.42. The van der Waals surface area contributed by atoms with E-state index < -0.39 is 0 Å². The second-order valence-electron chi connectivity index (χ2n) is 2.40. The van der Waals surface area contributed by atoms with Crippen molar-refractivity contribution in [1.82, 2.24) is 4.57 Å². The summed E-state index contributed by atoms with van der Waals surface area (Å²) >= 11 is 0. The molecule has 10 heavy (non-hydrogen) atoms. The molecule has 1 aromatic rings. The van der Waals surface area contributed by atoms with Crippen molar-refractivity contribution < 1.29 is 5.11 Å². The third-order valence-corrected chi connectivity index (χ3v) is 1.52. The molecule has 1 atom stereocenters. The van der Waals surface area contributed by atoms with Gasteiger partial charge < -0.3 is 9.67 Å². The van der Waals surface area contributed by atoms with Crippen molar-refractivity contribution in [2.24, 2.45) is 0 Å². The lowest BCUT2D eigenvalue weighted by Gasteiger charge is -2.09. The third-order valence-electron chi connectivity index (χ3n) is 1.52. The van der Waals surface area contributed by atoms with Crippen LogP contribution >= 0.6 is 0 Å². The van der Waals surface area contributed by atoms with E-state index >= 15 is 0 Å². The van der Waals surface area contributed by atoms with E-state index in [1.54, 1.807) is 0 Å². The minimum absolute atomic E-state index is 0.333. The molecule has 0 aliphatic carbocycles. The summed E-state index contributed by atoms with van der Waals surface area (Å²) in [5, 5.41) is 9.37. The van der Waals surface area contributed by atoms with E-state index in [1.165, 1.54) is 0 Å². The van der Waals surface area contributed by atoms with Crippen molar-refractivity contribution >= 4 is 0 Å². The molecule has 0 aliphatic heterocycles. The smallest absolute Gasteiger partial charge is 0.130 e. The van der Waals surface area contributed by atoms with E-state index in [2.05, 4.69) is 6.92 Å². The Morgan fingerprint density at radius 2 is 2.00 bits per heavy atom. The second-order valence-corrected chi connectivity index (χ2v) is 2.40. The lowest BCUT2D eigenvalue weighted by Crippen LogP contribution is -2.04. The van der Waals surface area contributed by atoms with Gasteiger partial charge in [-0.05, 0) is 18.6 Å². The van der Waals surface area contributed by atoms with Crippen LogP contribution in [0.2, 0.25) is 0 Å². The Morgan fingerprint density at radius 3 is 2.50 bits per heavy atom. The molecule has 0 aliphatic rings. The predicted molar refractivity (Wildman–Crippen MR) is 40.6 cm³/mol. The summed E-state index contributed by atoms with van der Waals surface area (Å²) in [4.78, 5) is 0. The van der Waals surface area contributed by atoms with Crippen molar-refractivity contribution in [2.75, 3.05) is 0 Å². The van der Waals surface area contributed by atoms with E-state index in [4.69, 9.17) is 0 Å². The molecule has 1 N–H and O–H groups in total. The van der Waals surface area contributed by atoms with Crippen LogP contribution in [0.15, 0.2) is 24.5 Å². The van der Waals surface area contributed by atoms with Crippen LogP contribution in [0.25, 0.3) is 0 Å². The zero-order chi connectivity index (χ0) is 7.40. The molecule has 2 heteroatoms. The van der Waals surface area contributed by atoms with E-state index in [0.29, 0.717) is 0 Å². The van der Waals surface area contributed by atoms with Crippen LogP contribution in [0.3, 0.4) is 0 Å². The molecule has 0 aromatic carbocycles. The van der Waals surface area contributed by atoms with E-state index in [0.717, 1.165) is 12.8 Å². The maximum Gasteiger partial charge on any atom is 0.130 e. The van der Waals surface area contributed by atoms with Gasteiger partial charge in [0.1, 0.15) is 6.23 Å². The average molecular weight is 139 g/mol. The van der Waals surface area contributed by atoms with Gasteiger partial charge in [-0.25, -0.2) is 0 Å². The van der Waals surface area contributed by atoms with Gasteiger partial charge >= 0.3 is 0 Å². The summed E-state index contributed by atoms with van der Waals surface area (Å²) in [6, 6.07) is 3.83. The van der Waals surface area contributed by atoms with Crippen molar-refractivity contribution in [2.45, 2.75) is 26.0 Å². The summed E-state index contributed by atoms with van der Waals surface area (Å²) in [7, 11) is 0. The summed E-state index contributed by atoms with van der Waals surface area (Å²) in [6.45, 7) is 2.06. The molecule has 0 saturated heterocycles. The largest absolute Gasteiger partial charge is 0.373 e. The average Bonchev–Trinajstić information content (AvgIpc) is 2.38. The number of nitrogens with zero attached hydrogens (tertiary/aromatic N) is 1. The minimum atomic E-state index is -0.333. The highest BCUT2D eigenvalue weighted by Crippen LogP contribution is 2.08. The molecule has 1 heterocycles. The maximum atomic E-state index is 9.37. The lowest BCUT2D eigenvalue weighted by molar-refractivity contribution is 0.0941. The van der Waals surface area contributed by atoms with Gasteiger partial charge in [-0.1, -0.05) is 13.3 Å². The molecule has 0 fully saturated rings. The molecule has 1 aromatic heterocycles. The third kappa shape index (κ3) is 1.61. The molecular weight excluding hydrogens is 126 g/mol. The van der Waals surface area contributed by atoms with Gasteiger partial charge in [-0.3, -0.25) is 0 Å². The highest BCUT2D eigenvalue weighted by molar-refractivity contribution is 4.91. The molecule has 1 unspecified atom stereocenters. The molecule has 0 spiro atoms. The van der Waals surface area contributed by atoms with Gasteiger partial charge in [0.25, 0.3) is 0 Å². The van der Waals surface area contributed by atoms with Gasteiger partial charge in [0, 0.05) is 12.4 Å². The fourth-order valence-corrected chi connectivity index (χ4v) is 0.954. The Labute approximate surface area is 61.1 Å². The van der Waals surface area contributed by atoms with Gasteiger partial charge in [0.05, 0.1) is 0 Å². The molecular formula is C8H13NO. The fourth-order valence-electron chi connectivity index (χ4n) is 0.954. The molecule has 2 nitrogen and oxygen atoms in total. The number of aromatic nitrogens is 1. The molecule has 1 rings (SSSR count). The first-order valence-electron chi connectivity index (χ1n) is 3.65. The zero-order valence-corrected chi connectivity index (χ0v) is 6.20. The van der Waals surface area contributed by atoms with Gasteiger partial charge in [0.2, 0.25) is 0 Å². The quantitative estimate of drug-likeness (QED) is 0.678. The molecule has 0 saturated carbocycles. The Kier molecular flexibility index (Phi) is 2.51. The molecule has 0 radical (unpaired) electrons. The van der Waals surface area contributed by atoms with Crippen LogP contribution in [-0.4, -0.2) is 9.67 Å². The number of hydrogen-bond acceptors (Lipinski definition) is 1. The summed E-state index contributed by atoms with van der Waals surface area (Å²) < 4.78 is 1.81. The summed E-state index contributed by atoms with van der Waals surface area (Å²) in [5.41, 5.74) is 0. The van der Waals surface area contributed by atoms with E-state index in [9.17, 15) is 5.11 Å². The van der Waals surface area contributed by atoms with Crippen LogP contribution in [0, 0.1) is 0 Å². The Bertz CT molecular complexity index is 169. The molecule has 0 bridgehead atoms. The molecule has 0 amide bonds. The van der Waals surface area contributed by atoms with Gasteiger partial charge in [-0.2, -0.15) is 0 Å². The van der Waals surface area contributed by atoms with Crippen molar-refractivity contribution in [3.8, 4) is 0 Å². The normalized spacial score (nSPS) is 13.4. The van der Waals surface area contributed by atoms with Crippen LogP contribution in [0.1, 0.15) is 26.0 Å². The lowest BCUT2D eigenvalue weighted by atomic mass is 10.3. The number of aliphatic hydroxyl groups excluding tert-OH is 1. The van der Waals surface area contributed by atoms with Crippen molar-refractivity contribution in [3.05, 3.63) is 24.5 Å². The van der Waals surface area contributed by atoms with Crippen LogP contribution in [-0.2, 0) is 0 Å². The first kappa shape index (κ1) is 7.35. The Morgan fingerprint density at radius 1 is 1.40 bits per heavy atom. The Balaban J connectivity index is 2.50. The fraction of sp³-hybridized carbons (Fsp3) is 0.500.